The first-order chi connectivity index (χ1) is 12.7. The summed E-state index contributed by atoms with van der Waals surface area (Å²) in [6, 6.07) is 2.26. The highest BCUT2D eigenvalue weighted by Gasteiger charge is 2.35. The van der Waals surface area contributed by atoms with Crippen molar-refractivity contribution in [2.24, 2.45) is 5.92 Å². The summed E-state index contributed by atoms with van der Waals surface area (Å²) in [4.78, 5) is 0. The van der Waals surface area contributed by atoms with E-state index in [1.807, 2.05) is 0 Å². The van der Waals surface area contributed by atoms with E-state index in [9.17, 15) is 5.11 Å². The predicted octanol–water partition coefficient (Wildman–Crippen LogP) is 7.52. The zero-order valence-electron chi connectivity index (χ0n) is 19.5. The van der Waals surface area contributed by atoms with Crippen LogP contribution in [-0.4, -0.2) is 5.11 Å². The first-order valence-electron chi connectivity index (χ1n) is 10.6. The van der Waals surface area contributed by atoms with Gasteiger partial charge in [-0.05, 0) is 51.7 Å². The van der Waals surface area contributed by atoms with Crippen LogP contribution in [0.3, 0.4) is 0 Å². The van der Waals surface area contributed by atoms with Crippen molar-refractivity contribution in [2.75, 3.05) is 0 Å². The molecule has 0 fully saturated rings. The van der Waals surface area contributed by atoms with Gasteiger partial charge in [-0.3, -0.25) is 0 Å². The summed E-state index contributed by atoms with van der Waals surface area (Å²) < 4.78 is 0. The Balaban J connectivity index is 2.60. The average molecular weight is 381 g/mol. The number of allylic oxidation sites excluding steroid dienone is 6. The van der Waals surface area contributed by atoms with Gasteiger partial charge in [-0.15, -0.1) is 0 Å². The van der Waals surface area contributed by atoms with Crippen molar-refractivity contribution >= 4 is 0 Å². The number of benzene rings is 1. The standard InChI is InChI=1S/C27H40O/c1-25(2,3)21-18-20(17-13-16-19-14-11-10-12-15-19)24(28)23(27(7,8)9)22(21)26(4,5)6/h10-14,16,18-19,28H,15,17H2,1-9H3. The summed E-state index contributed by atoms with van der Waals surface area (Å²) in [7, 11) is 0. The van der Waals surface area contributed by atoms with Gasteiger partial charge in [0.25, 0.3) is 0 Å². The van der Waals surface area contributed by atoms with Crippen molar-refractivity contribution in [3.05, 3.63) is 64.8 Å². The molecule has 1 atom stereocenters. The van der Waals surface area contributed by atoms with Crippen LogP contribution >= 0.6 is 0 Å². The van der Waals surface area contributed by atoms with Crippen LogP contribution in [0.5, 0.6) is 5.75 Å². The van der Waals surface area contributed by atoms with Crippen LogP contribution in [0, 0.1) is 5.92 Å². The number of phenolic OH excluding ortho intramolecular Hbond substituents is 1. The molecule has 0 heterocycles. The Morgan fingerprint density at radius 1 is 0.893 bits per heavy atom. The summed E-state index contributed by atoms with van der Waals surface area (Å²) in [6.45, 7) is 20.2. The lowest BCUT2D eigenvalue weighted by atomic mass is 9.67. The van der Waals surface area contributed by atoms with Crippen LogP contribution in [0.2, 0.25) is 0 Å². The first kappa shape index (κ1) is 22.5. The Kier molecular flexibility index (Phi) is 6.38. The Hall–Kier alpha value is -1.76. The molecular weight excluding hydrogens is 340 g/mol. The monoisotopic (exact) mass is 380 g/mol. The average Bonchev–Trinajstić information content (AvgIpc) is 2.53. The van der Waals surface area contributed by atoms with E-state index in [0.29, 0.717) is 11.7 Å². The van der Waals surface area contributed by atoms with Gasteiger partial charge in [-0.1, -0.05) is 105 Å². The van der Waals surface area contributed by atoms with E-state index in [-0.39, 0.29) is 16.2 Å². The second-order valence-corrected chi connectivity index (χ2v) is 11.3. The van der Waals surface area contributed by atoms with Crippen LogP contribution in [0.15, 0.2) is 42.5 Å². The Bertz CT molecular complexity index is 784. The lowest BCUT2D eigenvalue weighted by Crippen LogP contribution is -2.28. The van der Waals surface area contributed by atoms with E-state index < -0.39 is 0 Å². The topological polar surface area (TPSA) is 20.2 Å². The van der Waals surface area contributed by atoms with E-state index in [2.05, 4.69) is 105 Å². The van der Waals surface area contributed by atoms with E-state index in [0.717, 1.165) is 24.0 Å². The molecule has 0 saturated heterocycles. The minimum absolute atomic E-state index is 0.0195. The zero-order valence-corrected chi connectivity index (χ0v) is 19.5. The number of rotatable bonds is 3. The SMILES string of the molecule is CC(C)(C)c1cc(CC=CC2C=CC=CC2)c(O)c(C(C)(C)C)c1C(C)(C)C. The van der Waals surface area contributed by atoms with Crippen molar-refractivity contribution in [1.29, 1.82) is 0 Å². The third-order valence-electron chi connectivity index (χ3n) is 5.42. The molecule has 0 bridgehead atoms. The molecule has 1 aliphatic carbocycles. The lowest BCUT2D eigenvalue weighted by molar-refractivity contribution is 0.424. The molecule has 2 rings (SSSR count). The first-order valence-corrected chi connectivity index (χ1v) is 10.6. The van der Waals surface area contributed by atoms with Gasteiger partial charge in [-0.25, -0.2) is 0 Å². The van der Waals surface area contributed by atoms with Crippen LogP contribution in [0.4, 0.5) is 0 Å². The largest absolute Gasteiger partial charge is 0.507 e. The van der Waals surface area contributed by atoms with Gasteiger partial charge < -0.3 is 5.11 Å². The Morgan fingerprint density at radius 2 is 1.50 bits per heavy atom. The van der Waals surface area contributed by atoms with E-state index >= 15 is 0 Å². The van der Waals surface area contributed by atoms with Crippen LogP contribution in [-0.2, 0) is 22.7 Å². The van der Waals surface area contributed by atoms with Crippen LogP contribution in [0.25, 0.3) is 0 Å². The molecule has 1 aliphatic rings. The molecule has 0 radical (unpaired) electrons. The van der Waals surface area contributed by atoms with Gasteiger partial charge in [-0.2, -0.15) is 0 Å². The van der Waals surface area contributed by atoms with Gasteiger partial charge in [0.05, 0.1) is 0 Å². The molecule has 1 N–H and O–H groups in total. The van der Waals surface area contributed by atoms with Crippen molar-refractivity contribution < 1.29 is 5.11 Å². The third kappa shape index (κ3) is 5.19. The molecule has 0 spiro atoms. The van der Waals surface area contributed by atoms with Gasteiger partial charge >= 0.3 is 0 Å². The van der Waals surface area contributed by atoms with E-state index in [4.69, 9.17) is 0 Å². The normalized spacial score (nSPS) is 18.2. The lowest BCUT2D eigenvalue weighted by Gasteiger charge is -2.37. The summed E-state index contributed by atoms with van der Waals surface area (Å²) in [5.41, 5.74) is 4.67. The zero-order chi connectivity index (χ0) is 21.3. The maximum Gasteiger partial charge on any atom is 0.123 e. The fourth-order valence-electron chi connectivity index (χ4n) is 4.10. The maximum absolute atomic E-state index is 11.3. The molecule has 1 aromatic rings. The maximum atomic E-state index is 11.3. The second kappa shape index (κ2) is 7.93. The molecule has 1 aromatic carbocycles. The van der Waals surface area contributed by atoms with Gasteiger partial charge in [0.15, 0.2) is 0 Å². The fraction of sp³-hybridized carbons (Fsp3) is 0.556. The Morgan fingerprint density at radius 3 is 1.96 bits per heavy atom. The quantitative estimate of drug-likeness (QED) is 0.538. The van der Waals surface area contributed by atoms with Crippen molar-refractivity contribution in [3.63, 3.8) is 0 Å². The number of aromatic hydroxyl groups is 1. The third-order valence-corrected chi connectivity index (χ3v) is 5.42. The molecule has 154 valence electrons. The highest BCUT2D eigenvalue weighted by Crippen LogP contribution is 2.46. The fourth-order valence-corrected chi connectivity index (χ4v) is 4.10. The van der Waals surface area contributed by atoms with Crippen molar-refractivity contribution in [2.45, 2.75) is 91.4 Å². The molecule has 28 heavy (non-hydrogen) atoms. The molecule has 1 heteroatoms. The van der Waals surface area contributed by atoms with Gasteiger partial charge in [0.1, 0.15) is 5.75 Å². The highest BCUT2D eigenvalue weighted by molar-refractivity contribution is 5.57. The van der Waals surface area contributed by atoms with E-state index in [1.54, 1.807) is 0 Å². The van der Waals surface area contributed by atoms with Crippen LogP contribution in [0.1, 0.15) is 91.0 Å². The molecule has 0 aliphatic heterocycles. The minimum atomic E-state index is -0.122. The van der Waals surface area contributed by atoms with E-state index in [1.165, 1.54) is 11.1 Å². The summed E-state index contributed by atoms with van der Waals surface area (Å²) in [5.74, 6) is 0.944. The molecule has 0 amide bonds. The summed E-state index contributed by atoms with van der Waals surface area (Å²) >= 11 is 0. The molecule has 0 aromatic heterocycles. The minimum Gasteiger partial charge on any atom is -0.507 e. The van der Waals surface area contributed by atoms with Crippen molar-refractivity contribution in [3.8, 4) is 5.75 Å². The number of phenols is 1. The second-order valence-electron chi connectivity index (χ2n) is 11.3. The summed E-state index contributed by atoms with van der Waals surface area (Å²) in [6.07, 6.45) is 15.0. The smallest absolute Gasteiger partial charge is 0.123 e. The molecule has 1 nitrogen and oxygen atoms in total. The van der Waals surface area contributed by atoms with Crippen LogP contribution < -0.4 is 0 Å². The summed E-state index contributed by atoms with van der Waals surface area (Å²) in [5, 5.41) is 11.3. The van der Waals surface area contributed by atoms with Gasteiger partial charge in [0.2, 0.25) is 0 Å². The Labute approximate surface area is 173 Å². The predicted molar refractivity (Wildman–Crippen MR) is 123 cm³/mol. The number of hydrogen-bond acceptors (Lipinski definition) is 1. The molecule has 1 unspecified atom stereocenters. The van der Waals surface area contributed by atoms with Gasteiger partial charge in [0, 0.05) is 5.56 Å². The van der Waals surface area contributed by atoms with Crippen molar-refractivity contribution in [1.82, 2.24) is 0 Å². The molecular formula is C27H40O. The number of hydrogen-bond donors (Lipinski definition) is 1. The highest BCUT2D eigenvalue weighted by atomic mass is 16.3. The molecule has 0 saturated carbocycles.